The molecule has 498 valence electrons. The van der Waals surface area contributed by atoms with Gasteiger partial charge in [0.05, 0.1) is 31.4 Å². The molecule has 2 heterocycles. The summed E-state index contributed by atoms with van der Waals surface area (Å²) in [4.78, 5) is 174. The molecule has 32 heteroatoms. The number of nitrogens with two attached hydrogens (primary N) is 3. The van der Waals surface area contributed by atoms with E-state index in [0.29, 0.717) is 19.4 Å². The molecule has 2 fully saturated rings. The van der Waals surface area contributed by atoms with Crippen LogP contribution in [0.2, 0.25) is 0 Å². The van der Waals surface area contributed by atoms with Crippen molar-refractivity contribution < 1.29 is 82.7 Å². The summed E-state index contributed by atoms with van der Waals surface area (Å²) in [5.74, 6) is -16.7. The van der Waals surface area contributed by atoms with Crippen molar-refractivity contribution in [1.82, 2.24) is 58.5 Å². The molecule has 21 N–H and O–H groups in total. The highest BCUT2D eigenvalue weighted by Gasteiger charge is 2.44. The maximum absolute atomic E-state index is 15.3. The maximum atomic E-state index is 15.3. The fourth-order valence-electron chi connectivity index (χ4n) is 9.54. The van der Waals surface area contributed by atoms with Gasteiger partial charge in [-0.2, -0.15) is 0 Å². The van der Waals surface area contributed by atoms with Gasteiger partial charge < -0.3 is 101 Å². The summed E-state index contributed by atoms with van der Waals surface area (Å²) in [6, 6.07) is -10.1. The zero-order chi connectivity index (χ0) is 67.0. The Morgan fingerprint density at radius 3 is 1.83 bits per heavy atom. The molecule has 11 amide bonds. The average molecular weight is 1260 g/mol. The first-order chi connectivity index (χ1) is 41.8. The molecule has 0 saturated carbocycles. The van der Waals surface area contributed by atoms with Gasteiger partial charge >= 0.3 is 5.97 Å². The summed E-state index contributed by atoms with van der Waals surface area (Å²) in [5.41, 5.74) is 16.4. The van der Waals surface area contributed by atoms with Crippen molar-refractivity contribution in [2.45, 2.75) is 192 Å². The number of nitrogens with zero attached hydrogens (tertiary/aromatic N) is 1. The second kappa shape index (κ2) is 36.4. The quantitative estimate of drug-likeness (QED) is 0.0236. The standard InChI is InChI=1S/C57H93N15O17/c1-10-29(8)38-52(84)70-39(30(9)74)51(83)63-24-37(75)68-41(44(77)46(58)78)54(86)67-36(25-73)56(88)89-45(31-16-12-11-13-17-31)42(72-50(82)35(23-27(4)5)65-47(79)32-18-14-20-61-32)55(87)71-40(43(76)28(6)7)53(85)66-34(22-26(2)3)49(81)64-33(48(80)69-38)19-15-21-62-57(59)60/h11-13,16-17,26-30,32-36,38-45,61,73-74,76-77H,10,14-15,18-25H2,1-9H3,(H2,58,78)(H,63,83)(H,64,81)(H,65,79)(H,66,85)(H,67,86)(H,68,75)(H,69,80)(H,70,84)(H,71,87)(H,72,82)(H4,59,60,62)/t29-,30-,32+,33+,34-,35-,36-,38-,39-,40-,41-,42-,43+,44-,45+/m0/s1. The Morgan fingerprint density at radius 1 is 0.697 bits per heavy atom. The number of aliphatic hydroxyl groups is 4. The first kappa shape index (κ1) is 75.2. The molecule has 2 saturated heterocycles. The number of carbonyl (C=O) groups is 12. The van der Waals surface area contributed by atoms with Crippen LogP contribution in [-0.2, 0) is 62.3 Å². The largest absolute Gasteiger partial charge is 0.453 e. The second-order valence-corrected chi connectivity index (χ2v) is 23.5. The molecule has 0 aliphatic carbocycles. The topological polar surface area (TPSA) is 518 Å². The van der Waals surface area contributed by atoms with E-state index in [1.54, 1.807) is 41.5 Å². The van der Waals surface area contributed by atoms with E-state index in [0.717, 1.165) is 6.92 Å². The number of guanidine groups is 1. The second-order valence-electron chi connectivity index (χ2n) is 23.5. The minimum absolute atomic E-state index is 0.0143. The molecule has 0 radical (unpaired) electrons. The van der Waals surface area contributed by atoms with E-state index in [4.69, 9.17) is 21.9 Å². The van der Waals surface area contributed by atoms with Crippen molar-refractivity contribution in [3.8, 4) is 0 Å². The van der Waals surface area contributed by atoms with Crippen LogP contribution in [0.3, 0.4) is 0 Å². The van der Waals surface area contributed by atoms with Crippen LogP contribution in [0.15, 0.2) is 35.3 Å². The third kappa shape index (κ3) is 23.8. The van der Waals surface area contributed by atoms with Crippen molar-refractivity contribution in [2.75, 3.05) is 26.2 Å². The Kier molecular flexibility index (Phi) is 30.8. The molecule has 2 aliphatic rings. The van der Waals surface area contributed by atoms with E-state index in [1.807, 2.05) is 10.6 Å². The molecule has 0 unspecified atom stereocenters. The summed E-state index contributed by atoms with van der Waals surface area (Å²) in [6.45, 7) is 12.4. The van der Waals surface area contributed by atoms with E-state index < -0.39 is 181 Å². The van der Waals surface area contributed by atoms with Crippen LogP contribution in [0.25, 0.3) is 0 Å². The van der Waals surface area contributed by atoms with Gasteiger partial charge in [-0.25, -0.2) is 4.79 Å². The van der Waals surface area contributed by atoms with Crippen molar-refractivity contribution in [1.29, 1.82) is 0 Å². The van der Waals surface area contributed by atoms with E-state index in [-0.39, 0.29) is 62.0 Å². The monoisotopic (exact) mass is 1260 g/mol. The normalized spacial score (nSPS) is 26.1. The number of hydrogen-bond acceptors (Lipinski definition) is 19. The Labute approximate surface area is 516 Å². The van der Waals surface area contributed by atoms with Crippen LogP contribution in [0.5, 0.6) is 0 Å². The van der Waals surface area contributed by atoms with Crippen LogP contribution in [0.4, 0.5) is 0 Å². The zero-order valence-corrected chi connectivity index (χ0v) is 51.8. The van der Waals surface area contributed by atoms with Crippen LogP contribution >= 0.6 is 0 Å². The molecule has 32 nitrogen and oxygen atoms in total. The first-order valence-corrected chi connectivity index (χ1v) is 29.8. The fraction of sp³-hybridized carbons (Fsp3) is 0.667. The minimum atomic E-state index is -2.57. The first-order valence-electron chi connectivity index (χ1n) is 29.8. The predicted octanol–water partition coefficient (Wildman–Crippen LogP) is -6.06. The Hall–Kier alpha value is -8.07. The third-order valence-corrected chi connectivity index (χ3v) is 14.8. The SMILES string of the molecule is CC[C@H](C)[C@@H]1NC(=O)[C@@H](CCCN=C(N)N)NC(=O)[C@H](CC(C)C)NC(=O)[C@H]([C@H](O)C(C)C)NC(=O)[C@@H](NC(=O)[C@H](CC(C)C)NC(=O)[C@H]2CCCN2)[C@@H](c2ccccc2)OC(=O)[C@H](CO)NC(=O)[C@H]([C@H](O)C(N)=O)NC(=O)CNC(=O)[C@H]([C@H](C)O)NC1=O. The van der Waals surface area contributed by atoms with E-state index in [1.165, 1.54) is 44.2 Å². The van der Waals surface area contributed by atoms with Crippen molar-refractivity contribution >= 4 is 76.9 Å². The number of cyclic esters (lactones) is 1. The molecule has 89 heavy (non-hydrogen) atoms. The minimum Gasteiger partial charge on any atom is -0.453 e. The number of esters is 1. The lowest BCUT2D eigenvalue weighted by Crippen LogP contribution is -2.64. The summed E-state index contributed by atoms with van der Waals surface area (Å²) in [5, 5.41) is 71.3. The lowest BCUT2D eigenvalue weighted by Gasteiger charge is -2.33. The Morgan fingerprint density at radius 2 is 1.28 bits per heavy atom. The van der Waals surface area contributed by atoms with Gasteiger partial charge in [0.2, 0.25) is 65.0 Å². The maximum Gasteiger partial charge on any atom is 0.331 e. The number of carbonyl (C=O) groups excluding carboxylic acids is 12. The number of hydrogen-bond donors (Lipinski definition) is 18. The summed E-state index contributed by atoms with van der Waals surface area (Å²) >= 11 is 0. The van der Waals surface area contributed by atoms with Gasteiger partial charge in [-0.1, -0.05) is 92.1 Å². The van der Waals surface area contributed by atoms with Crippen molar-refractivity contribution in [3.63, 3.8) is 0 Å². The number of nitrogens with one attached hydrogen (secondary N) is 11. The summed E-state index contributed by atoms with van der Waals surface area (Å²) in [6.07, 6.45) is -7.01. The van der Waals surface area contributed by atoms with E-state index >= 15 is 4.79 Å². The highest BCUT2D eigenvalue weighted by molar-refractivity contribution is 6.00. The summed E-state index contributed by atoms with van der Waals surface area (Å²) in [7, 11) is 0. The number of primary amides is 1. The van der Waals surface area contributed by atoms with Gasteiger partial charge in [0, 0.05) is 6.54 Å². The van der Waals surface area contributed by atoms with Crippen molar-refractivity contribution in [2.24, 2.45) is 45.9 Å². The fourth-order valence-corrected chi connectivity index (χ4v) is 9.54. The number of aliphatic hydroxyl groups excluding tert-OH is 4. The van der Waals surface area contributed by atoms with Crippen LogP contribution in [0.1, 0.15) is 119 Å². The number of amides is 11. The molecule has 2 aliphatic heterocycles. The van der Waals surface area contributed by atoms with Gasteiger partial charge in [-0.05, 0) is 81.2 Å². The lowest BCUT2D eigenvalue weighted by molar-refractivity contribution is -0.159. The molecule has 1 aromatic rings. The average Bonchev–Trinajstić information content (AvgIpc) is 2.92. The van der Waals surface area contributed by atoms with Crippen molar-refractivity contribution in [3.05, 3.63) is 35.9 Å². The van der Waals surface area contributed by atoms with E-state index in [9.17, 15) is 73.2 Å². The van der Waals surface area contributed by atoms with Gasteiger partial charge in [0.1, 0.15) is 48.3 Å². The molecule has 0 spiro atoms. The van der Waals surface area contributed by atoms with E-state index in [2.05, 4.69) is 52.8 Å². The number of benzene rings is 1. The Balaban J connectivity index is 2.39. The van der Waals surface area contributed by atoms with Crippen LogP contribution in [0, 0.1) is 23.7 Å². The zero-order valence-electron chi connectivity index (χ0n) is 51.8. The highest BCUT2D eigenvalue weighted by Crippen LogP contribution is 2.25. The number of aliphatic imine (C=N–C) groups is 1. The van der Waals surface area contributed by atoms with Crippen LogP contribution in [-0.4, -0.2) is 202 Å². The molecular weight excluding hydrogens is 1170 g/mol. The van der Waals surface area contributed by atoms with Crippen LogP contribution < -0.4 is 75.7 Å². The molecular formula is C57H93N15O17. The lowest BCUT2D eigenvalue weighted by atomic mass is 9.95. The molecule has 15 atom stereocenters. The summed E-state index contributed by atoms with van der Waals surface area (Å²) < 4.78 is 5.93. The van der Waals surface area contributed by atoms with Gasteiger partial charge in [0.15, 0.2) is 24.2 Å². The predicted molar refractivity (Wildman–Crippen MR) is 320 cm³/mol. The molecule has 1 aromatic carbocycles. The van der Waals surface area contributed by atoms with Gasteiger partial charge in [-0.3, -0.25) is 57.7 Å². The Bertz CT molecular complexity index is 2640. The number of rotatable bonds is 21. The van der Waals surface area contributed by atoms with Gasteiger partial charge in [0.25, 0.3) is 0 Å². The van der Waals surface area contributed by atoms with Gasteiger partial charge in [-0.15, -0.1) is 0 Å². The molecule has 3 rings (SSSR count). The molecule has 0 aromatic heterocycles. The third-order valence-electron chi connectivity index (χ3n) is 14.8. The number of ether oxygens (including phenoxy) is 1. The highest BCUT2D eigenvalue weighted by atomic mass is 16.5. The molecule has 0 bridgehead atoms. The smallest absolute Gasteiger partial charge is 0.331 e.